The quantitative estimate of drug-likeness (QED) is 0.779. The molecule has 0 unspecified atom stereocenters. The summed E-state index contributed by atoms with van der Waals surface area (Å²) in [6, 6.07) is 2.08. The van der Waals surface area contributed by atoms with Gasteiger partial charge in [0.05, 0.1) is 18.1 Å². The summed E-state index contributed by atoms with van der Waals surface area (Å²) in [5, 5.41) is 7.60. The molecule has 0 aliphatic rings. The van der Waals surface area contributed by atoms with Crippen molar-refractivity contribution < 1.29 is 0 Å². The van der Waals surface area contributed by atoms with Crippen LogP contribution >= 0.6 is 0 Å². The normalized spacial score (nSPS) is 10.6. The fraction of sp³-hybridized carbons (Fsp3) is 0.417. The lowest BCUT2D eigenvalue weighted by Crippen LogP contribution is -2.10. The number of hydrogen-bond donors (Lipinski definition) is 2. The van der Waals surface area contributed by atoms with E-state index in [0.29, 0.717) is 11.6 Å². The zero-order valence-electron chi connectivity index (χ0n) is 10.7. The van der Waals surface area contributed by atoms with Gasteiger partial charge in [-0.2, -0.15) is 5.10 Å². The molecule has 0 aromatic carbocycles. The number of nitrogen functional groups attached to an aromatic ring is 1. The third-order valence-corrected chi connectivity index (χ3v) is 2.61. The van der Waals surface area contributed by atoms with Crippen LogP contribution in [0, 0.1) is 13.8 Å². The van der Waals surface area contributed by atoms with Gasteiger partial charge in [-0.15, -0.1) is 0 Å². The number of nitrogens with one attached hydrogen (secondary N) is 1. The Morgan fingerprint density at radius 1 is 1.33 bits per heavy atom. The smallest absolute Gasteiger partial charge is 0.146 e. The summed E-state index contributed by atoms with van der Waals surface area (Å²) in [7, 11) is 0. The number of hydrogen-bond acceptors (Lipinski definition) is 5. The summed E-state index contributed by atoms with van der Waals surface area (Å²) < 4.78 is 2.02. The SMILES string of the molecule is Cc1cc(C)n(CCCNc2cncc(N)n2)n1. The third-order valence-electron chi connectivity index (χ3n) is 2.61. The molecule has 0 atom stereocenters. The summed E-state index contributed by atoms with van der Waals surface area (Å²) in [5.74, 6) is 1.14. The van der Waals surface area contributed by atoms with Gasteiger partial charge in [-0.1, -0.05) is 0 Å². The maximum absolute atomic E-state index is 5.55. The zero-order valence-corrected chi connectivity index (χ0v) is 10.7. The van der Waals surface area contributed by atoms with Crippen molar-refractivity contribution in [2.75, 3.05) is 17.6 Å². The molecule has 3 N–H and O–H groups in total. The van der Waals surface area contributed by atoms with Crippen LogP contribution in [0.2, 0.25) is 0 Å². The number of nitrogens with two attached hydrogens (primary N) is 1. The lowest BCUT2D eigenvalue weighted by Gasteiger charge is -2.06. The van der Waals surface area contributed by atoms with Gasteiger partial charge in [0.15, 0.2) is 0 Å². The van der Waals surface area contributed by atoms with Crippen LogP contribution in [-0.2, 0) is 6.54 Å². The summed E-state index contributed by atoms with van der Waals surface area (Å²) >= 11 is 0. The first kappa shape index (κ1) is 12.3. The van der Waals surface area contributed by atoms with E-state index in [9.17, 15) is 0 Å². The predicted molar refractivity (Wildman–Crippen MR) is 71.3 cm³/mol. The second-order valence-electron chi connectivity index (χ2n) is 4.26. The Kier molecular flexibility index (Phi) is 3.76. The first-order valence-corrected chi connectivity index (χ1v) is 5.97. The lowest BCUT2D eigenvalue weighted by atomic mass is 10.4. The van der Waals surface area contributed by atoms with Gasteiger partial charge >= 0.3 is 0 Å². The van der Waals surface area contributed by atoms with E-state index < -0.39 is 0 Å². The molecule has 2 aromatic heterocycles. The minimum Gasteiger partial charge on any atom is -0.382 e. The maximum atomic E-state index is 5.55. The fourth-order valence-corrected chi connectivity index (χ4v) is 1.81. The topological polar surface area (TPSA) is 81.7 Å². The van der Waals surface area contributed by atoms with E-state index in [0.717, 1.165) is 25.2 Å². The first-order valence-electron chi connectivity index (χ1n) is 5.97. The van der Waals surface area contributed by atoms with Crippen LogP contribution in [0.25, 0.3) is 0 Å². The molecule has 0 aliphatic carbocycles. The van der Waals surface area contributed by atoms with Crippen molar-refractivity contribution in [3.8, 4) is 0 Å². The molecule has 0 saturated carbocycles. The molecule has 0 bridgehead atoms. The summed E-state index contributed by atoms with van der Waals surface area (Å²) in [6.45, 7) is 5.78. The summed E-state index contributed by atoms with van der Waals surface area (Å²) in [6.07, 6.45) is 4.17. The highest BCUT2D eigenvalue weighted by molar-refractivity contribution is 5.38. The minimum atomic E-state index is 0.429. The predicted octanol–water partition coefficient (Wildman–Crippen LogP) is 1.37. The van der Waals surface area contributed by atoms with Crippen LogP contribution in [0.15, 0.2) is 18.5 Å². The van der Waals surface area contributed by atoms with Crippen molar-refractivity contribution in [3.63, 3.8) is 0 Å². The van der Waals surface area contributed by atoms with Crippen molar-refractivity contribution in [1.82, 2.24) is 19.7 Å². The van der Waals surface area contributed by atoms with E-state index in [2.05, 4.69) is 33.4 Å². The molecule has 0 saturated heterocycles. The van der Waals surface area contributed by atoms with Gasteiger partial charge in [-0.3, -0.25) is 9.67 Å². The molecule has 6 nitrogen and oxygen atoms in total. The molecule has 0 radical (unpaired) electrons. The molecule has 2 heterocycles. The van der Waals surface area contributed by atoms with Crippen LogP contribution in [0.4, 0.5) is 11.6 Å². The molecule has 18 heavy (non-hydrogen) atoms. The second kappa shape index (κ2) is 5.48. The highest BCUT2D eigenvalue weighted by Gasteiger charge is 2.00. The van der Waals surface area contributed by atoms with Crippen molar-refractivity contribution in [3.05, 3.63) is 29.8 Å². The molecule has 0 amide bonds. The first-order chi connectivity index (χ1) is 8.65. The van der Waals surface area contributed by atoms with Gasteiger partial charge < -0.3 is 11.1 Å². The highest BCUT2D eigenvalue weighted by Crippen LogP contribution is 2.05. The van der Waals surface area contributed by atoms with E-state index in [-0.39, 0.29) is 0 Å². The standard InChI is InChI=1S/C12H18N6/c1-9-6-10(2)18(17-9)5-3-4-15-12-8-14-7-11(13)16-12/h6-8H,3-5H2,1-2H3,(H3,13,15,16). The lowest BCUT2D eigenvalue weighted by molar-refractivity contribution is 0.573. The van der Waals surface area contributed by atoms with Gasteiger partial charge in [0.2, 0.25) is 0 Å². The number of aromatic nitrogens is 4. The fourth-order valence-electron chi connectivity index (χ4n) is 1.81. The Morgan fingerprint density at radius 2 is 2.17 bits per heavy atom. The molecule has 0 fully saturated rings. The number of rotatable bonds is 5. The third kappa shape index (κ3) is 3.19. The van der Waals surface area contributed by atoms with Crippen molar-refractivity contribution >= 4 is 11.6 Å². The molecule has 0 spiro atoms. The van der Waals surface area contributed by atoms with Gasteiger partial charge in [0, 0.05) is 18.8 Å². The summed E-state index contributed by atoms with van der Waals surface area (Å²) in [4.78, 5) is 8.09. The number of nitrogens with zero attached hydrogens (tertiary/aromatic N) is 4. The van der Waals surface area contributed by atoms with Gasteiger partial charge in [0.25, 0.3) is 0 Å². The summed E-state index contributed by atoms with van der Waals surface area (Å²) in [5.41, 5.74) is 7.80. The molecular formula is C12H18N6. The Balaban J connectivity index is 1.78. The van der Waals surface area contributed by atoms with Gasteiger partial charge in [0.1, 0.15) is 11.6 Å². The second-order valence-corrected chi connectivity index (χ2v) is 4.26. The largest absolute Gasteiger partial charge is 0.382 e. The molecule has 2 rings (SSSR count). The van der Waals surface area contributed by atoms with Crippen molar-refractivity contribution in [2.24, 2.45) is 0 Å². The number of aryl methyl sites for hydroxylation is 3. The molecule has 0 aliphatic heterocycles. The van der Waals surface area contributed by atoms with Crippen LogP contribution in [0.3, 0.4) is 0 Å². The van der Waals surface area contributed by atoms with Crippen LogP contribution < -0.4 is 11.1 Å². The molecule has 6 heteroatoms. The average Bonchev–Trinajstić information content (AvgIpc) is 2.64. The Labute approximate surface area is 106 Å². The highest BCUT2D eigenvalue weighted by atomic mass is 15.3. The Bertz CT molecular complexity index is 519. The minimum absolute atomic E-state index is 0.429. The van der Waals surface area contributed by atoms with E-state index in [1.165, 1.54) is 11.9 Å². The molecule has 2 aromatic rings. The van der Waals surface area contributed by atoms with Crippen molar-refractivity contribution in [2.45, 2.75) is 26.8 Å². The number of anilines is 2. The van der Waals surface area contributed by atoms with E-state index in [4.69, 9.17) is 5.73 Å². The molecular weight excluding hydrogens is 228 g/mol. The van der Waals surface area contributed by atoms with Crippen LogP contribution in [-0.4, -0.2) is 26.3 Å². The van der Waals surface area contributed by atoms with E-state index in [1.807, 2.05) is 11.6 Å². The average molecular weight is 246 g/mol. The monoisotopic (exact) mass is 246 g/mol. The van der Waals surface area contributed by atoms with Crippen LogP contribution in [0.1, 0.15) is 17.8 Å². The Morgan fingerprint density at radius 3 is 2.83 bits per heavy atom. The zero-order chi connectivity index (χ0) is 13.0. The van der Waals surface area contributed by atoms with E-state index >= 15 is 0 Å². The van der Waals surface area contributed by atoms with E-state index in [1.54, 1.807) is 6.20 Å². The van der Waals surface area contributed by atoms with Crippen molar-refractivity contribution in [1.29, 1.82) is 0 Å². The molecule has 96 valence electrons. The Hall–Kier alpha value is -2.11. The van der Waals surface area contributed by atoms with Gasteiger partial charge in [-0.25, -0.2) is 4.98 Å². The van der Waals surface area contributed by atoms with Gasteiger partial charge in [-0.05, 0) is 26.3 Å². The maximum Gasteiger partial charge on any atom is 0.146 e. The van der Waals surface area contributed by atoms with Crippen LogP contribution in [0.5, 0.6) is 0 Å².